The Morgan fingerprint density at radius 2 is 1.79 bits per heavy atom. The largest absolute Gasteiger partial charge is 0.497 e. The van der Waals surface area contributed by atoms with Crippen LogP contribution in [0.1, 0.15) is 52.0 Å². The molecule has 0 bridgehead atoms. The van der Waals surface area contributed by atoms with Crippen molar-refractivity contribution in [1.29, 1.82) is 0 Å². The van der Waals surface area contributed by atoms with E-state index in [9.17, 15) is 0 Å². The molecule has 1 aromatic carbocycles. The predicted molar refractivity (Wildman–Crippen MR) is 128 cm³/mol. The molecule has 0 saturated carbocycles. The second-order valence-corrected chi connectivity index (χ2v) is 8.06. The monoisotopic (exact) mass is 503 g/mol. The highest BCUT2D eigenvalue weighted by Gasteiger charge is 2.34. The molecule has 1 aliphatic heterocycles. The Bertz CT molecular complexity index is 584. The van der Waals surface area contributed by atoms with Gasteiger partial charge >= 0.3 is 0 Å². The summed E-state index contributed by atoms with van der Waals surface area (Å²) in [4.78, 5) is 4.43. The summed E-state index contributed by atoms with van der Waals surface area (Å²) in [6.07, 6.45) is 4.38. The van der Waals surface area contributed by atoms with Gasteiger partial charge in [0.15, 0.2) is 5.96 Å². The summed E-state index contributed by atoms with van der Waals surface area (Å²) in [7, 11) is 3.55. The summed E-state index contributed by atoms with van der Waals surface area (Å²) < 4.78 is 11.0. The number of halogens is 1. The van der Waals surface area contributed by atoms with Crippen LogP contribution in [0.3, 0.4) is 0 Å². The van der Waals surface area contributed by atoms with Gasteiger partial charge in [0.05, 0.1) is 7.11 Å². The molecule has 1 unspecified atom stereocenters. The molecular weight excluding hydrogens is 465 g/mol. The third-order valence-corrected chi connectivity index (χ3v) is 5.53. The molecule has 1 heterocycles. The molecule has 2 rings (SSSR count). The van der Waals surface area contributed by atoms with Crippen molar-refractivity contribution in [3.05, 3.63) is 29.8 Å². The second-order valence-electron chi connectivity index (χ2n) is 8.06. The number of ether oxygens (including phenoxy) is 2. The Morgan fingerprint density at radius 3 is 2.32 bits per heavy atom. The molecule has 2 N–H and O–H groups in total. The minimum atomic E-state index is 0. The number of methoxy groups -OCH3 is 1. The minimum Gasteiger partial charge on any atom is -0.497 e. The number of nitrogens with one attached hydrogen (secondary N) is 2. The van der Waals surface area contributed by atoms with Crippen LogP contribution in [0.5, 0.6) is 5.75 Å². The number of hydrogen-bond acceptors (Lipinski definition) is 3. The molecule has 160 valence electrons. The van der Waals surface area contributed by atoms with Crippen LogP contribution in [-0.4, -0.2) is 45.9 Å². The highest BCUT2D eigenvalue weighted by Crippen LogP contribution is 2.35. The second kappa shape index (κ2) is 12.5. The Kier molecular flexibility index (Phi) is 11.2. The summed E-state index contributed by atoms with van der Waals surface area (Å²) in [6.45, 7) is 9.20. The maximum atomic E-state index is 5.64. The van der Waals surface area contributed by atoms with Crippen LogP contribution < -0.4 is 15.4 Å². The van der Waals surface area contributed by atoms with E-state index in [0.29, 0.717) is 6.04 Å². The van der Waals surface area contributed by atoms with Crippen molar-refractivity contribution in [3.63, 3.8) is 0 Å². The molecule has 1 saturated heterocycles. The van der Waals surface area contributed by atoms with Gasteiger partial charge in [0.1, 0.15) is 5.75 Å². The Labute approximate surface area is 188 Å². The van der Waals surface area contributed by atoms with Gasteiger partial charge in [-0.1, -0.05) is 26.0 Å². The standard InChI is InChI=1S/C22H37N3O2.HI/c1-17(2)6-7-18(3)25-21(23-4)24-16-22(12-14-27-15-13-22)19-8-10-20(26-5)11-9-19;/h8-11,17-18H,6-7,12-16H2,1-5H3,(H2,23,24,25);1H. The van der Waals surface area contributed by atoms with Gasteiger partial charge < -0.3 is 20.1 Å². The van der Waals surface area contributed by atoms with Crippen molar-refractivity contribution in [3.8, 4) is 5.75 Å². The highest BCUT2D eigenvalue weighted by atomic mass is 127. The maximum absolute atomic E-state index is 5.64. The topological polar surface area (TPSA) is 54.9 Å². The summed E-state index contributed by atoms with van der Waals surface area (Å²) in [5.41, 5.74) is 1.39. The lowest BCUT2D eigenvalue weighted by Crippen LogP contribution is -2.49. The van der Waals surface area contributed by atoms with Gasteiger partial charge in [-0.05, 0) is 56.2 Å². The van der Waals surface area contributed by atoms with E-state index in [0.717, 1.165) is 56.6 Å². The third kappa shape index (κ3) is 7.43. The molecule has 5 nitrogen and oxygen atoms in total. The van der Waals surface area contributed by atoms with Crippen molar-refractivity contribution >= 4 is 29.9 Å². The Balaban J connectivity index is 0.00000392. The first-order chi connectivity index (χ1) is 13.0. The molecule has 1 aliphatic rings. The third-order valence-electron chi connectivity index (χ3n) is 5.53. The molecular formula is C22H38IN3O2. The molecule has 28 heavy (non-hydrogen) atoms. The molecule has 1 fully saturated rings. The van der Waals surface area contributed by atoms with Crippen LogP contribution in [0.25, 0.3) is 0 Å². The molecule has 1 atom stereocenters. The SMILES string of the molecule is CN=C(NCC1(c2ccc(OC)cc2)CCOCC1)NC(C)CCC(C)C.I. The van der Waals surface area contributed by atoms with Crippen LogP contribution in [0, 0.1) is 5.92 Å². The zero-order valence-corrected chi connectivity index (χ0v) is 20.4. The van der Waals surface area contributed by atoms with Gasteiger partial charge in [0.25, 0.3) is 0 Å². The van der Waals surface area contributed by atoms with E-state index >= 15 is 0 Å². The summed E-state index contributed by atoms with van der Waals surface area (Å²) in [6, 6.07) is 8.88. The first kappa shape index (κ1) is 25.0. The van der Waals surface area contributed by atoms with Gasteiger partial charge in [-0.3, -0.25) is 4.99 Å². The van der Waals surface area contributed by atoms with Gasteiger partial charge in [0, 0.05) is 38.3 Å². The van der Waals surface area contributed by atoms with Crippen LogP contribution in [0.15, 0.2) is 29.3 Å². The number of rotatable bonds is 8. The summed E-state index contributed by atoms with van der Waals surface area (Å²) >= 11 is 0. The van der Waals surface area contributed by atoms with Gasteiger partial charge in [-0.2, -0.15) is 0 Å². The fourth-order valence-electron chi connectivity index (χ4n) is 3.61. The van der Waals surface area contributed by atoms with E-state index in [1.807, 2.05) is 19.2 Å². The predicted octanol–water partition coefficient (Wildman–Crippen LogP) is 4.35. The van der Waals surface area contributed by atoms with Crippen molar-refractivity contribution < 1.29 is 9.47 Å². The highest BCUT2D eigenvalue weighted by molar-refractivity contribution is 14.0. The normalized spacial score (nSPS) is 17.6. The van der Waals surface area contributed by atoms with E-state index in [-0.39, 0.29) is 29.4 Å². The van der Waals surface area contributed by atoms with Crippen molar-refractivity contribution in [1.82, 2.24) is 10.6 Å². The first-order valence-corrected chi connectivity index (χ1v) is 10.2. The number of aliphatic imine (C=N–C) groups is 1. The molecule has 0 aliphatic carbocycles. The van der Waals surface area contributed by atoms with E-state index in [1.54, 1.807) is 7.11 Å². The van der Waals surface area contributed by atoms with Crippen LogP contribution in [0.4, 0.5) is 0 Å². The lowest BCUT2D eigenvalue weighted by atomic mass is 9.74. The van der Waals surface area contributed by atoms with Crippen LogP contribution >= 0.6 is 24.0 Å². The molecule has 6 heteroatoms. The fraction of sp³-hybridized carbons (Fsp3) is 0.682. The van der Waals surface area contributed by atoms with E-state index < -0.39 is 0 Å². The average molecular weight is 503 g/mol. The Morgan fingerprint density at radius 1 is 1.14 bits per heavy atom. The number of guanidine groups is 1. The zero-order valence-electron chi connectivity index (χ0n) is 18.1. The van der Waals surface area contributed by atoms with Crippen molar-refractivity contribution in [2.24, 2.45) is 10.9 Å². The Hall–Kier alpha value is -1.02. The molecule has 0 radical (unpaired) electrons. The van der Waals surface area contributed by atoms with Gasteiger partial charge in [0.2, 0.25) is 0 Å². The van der Waals surface area contributed by atoms with E-state index in [1.165, 1.54) is 12.0 Å². The van der Waals surface area contributed by atoms with Crippen molar-refractivity contribution in [2.45, 2.75) is 57.9 Å². The number of benzene rings is 1. The zero-order chi connectivity index (χ0) is 19.7. The van der Waals surface area contributed by atoms with Crippen LogP contribution in [0.2, 0.25) is 0 Å². The van der Waals surface area contributed by atoms with Crippen molar-refractivity contribution in [2.75, 3.05) is 33.9 Å². The van der Waals surface area contributed by atoms with E-state index in [2.05, 4.69) is 48.5 Å². The van der Waals surface area contributed by atoms with E-state index in [4.69, 9.17) is 9.47 Å². The van der Waals surface area contributed by atoms with Gasteiger partial charge in [-0.15, -0.1) is 24.0 Å². The quantitative estimate of drug-likeness (QED) is 0.315. The average Bonchev–Trinajstić information content (AvgIpc) is 2.70. The number of nitrogens with zero attached hydrogens (tertiary/aromatic N) is 1. The first-order valence-electron chi connectivity index (χ1n) is 10.2. The molecule has 0 aromatic heterocycles. The minimum absolute atomic E-state index is 0. The molecule has 1 aromatic rings. The molecule has 0 spiro atoms. The number of hydrogen-bond donors (Lipinski definition) is 2. The summed E-state index contributed by atoms with van der Waals surface area (Å²) in [5, 5.41) is 7.11. The summed E-state index contributed by atoms with van der Waals surface area (Å²) in [5.74, 6) is 2.50. The smallest absolute Gasteiger partial charge is 0.191 e. The lowest BCUT2D eigenvalue weighted by Gasteiger charge is -2.38. The fourth-order valence-corrected chi connectivity index (χ4v) is 3.61. The van der Waals surface area contributed by atoms with Crippen LogP contribution in [-0.2, 0) is 10.2 Å². The lowest BCUT2D eigenvalue weighted by molar-refractivity contribution is 0.0513. The molecule has 0 amide bonds. The van der Waals surface area contributed by atoms with Gasteiger partial charge in [-0.25, -0.2) is 0 Å². The maximum Gasteiger partial charge on any atom is 0.191 e.